The standard InChI is InChI=1S/C21H24N4O5/c1-3-21(15-8-5-4-6-9-15)19(28)25(20(29)23-21)14-18(27)24(2)13-17(26)22-12-16-10-7-11-30-16/h4-11H,3,12-14H2,1-2H3,(H,22,26)(H,23,29)/t21-/m1/s1. The Morgan fingerprint density at radius 2 is 1.90 bits per heavy atom. The maximum absolute atomic E-state index is 13.1. The Hall–Kier alpha value is -3.62. The molecule has 1 atom stereocenters. The van der Waals surface area contributed by atoms with Crippen molar-refractivity contribution in [1.29, 1.82) is 0 Å². The molecule has 3 rings (SSSR count). The minimum Gasteiger partial charge on any atom is -0.467 e. The molecule has 0 saturated carbocycles. The molecule has 1 aromatic carbocycles. The number of benzene rings is 1. The molecule has 1 aromatic heterocycles. The largest absolute Gasteiger partial charge is 0.467 e. The monoisotopic (exact) mass is 412 g/mol. The Morgan fingerprint density at radius 3 is 2.53 bits per heavy atom. The van der Waals surface area contributed by atoms with Crippen LogP contribution in [0.1, 0.15) is 24.7 Å². The molecule has 5 amide bonds. The number of carbonyl (C=O) groups excluding carboxylic acids is 4. The highest BCUT2D eigenvalue weighted by atomic mass is 16.3. The summed E-state index contributed by atoms with van der Waals surface area (Å²) >= 11 is 0. The fourth-order valence-corrected chi connectivity index (χ4v) is 3.35. The van der Waals surface area contributed by atoms with Gasteiger partial charge in [0.2, 0.25) is 11.8 Å². The fraction of sp³-hybridized carbons (Fsp3) is 0.333. The van der Waals surface area contributed by atoms with Gasteiger partial charge in [-0.1, -0.05) is 37.3 Å². The first kappa shape index (κ1) is 21.1. The van der Waals surface area contributed by atoms with Gasteiger partial charge in [-0.25, -0.2) is 4.79 Å². The smallest absolute Gasteiger partial charge is 0.325 e. The van der Waals surface area contributed by atoms with E-state index in [4.69, 9.17) is 4.42 Å². The Morgan fingerprint density at radius 1 is 1.17 bits per heavy atom. The van der Waals surface area contributed by atoms with Gasteiger partial charge >= 0.3 is 6.03 Å². The lowest BCUT2D eigenvalue weighted by Gasteiger charge is -2.26. The van der Waals surface area contributed by atoms with Crippen molar-refractivity contribution in [2.45, 2.75) is 25.4 Å². The molecule has 1 fully saturated rings. The van der Waals surface area contributed by atoms with E-state index in [1.54, 1.807) is 43.3 Å². The van der Waals surface area contributed by atoms with Crippen LogP contribution in [0.4, 0.5) is 4.79 Å². The number of nitrogens with one attached hydrogen (secondary N) is 2. The summed E-state index contributed by atoms with van der Waals surface area (Å²) in [7, 11) is 1.44. The predicted octanol–water partition coefficient (Wildman–Crippen LogP) is 1.21. The molecule has 0 unspecified atom stereocenters. The summed E-state index contributed by atoms with van der Waals surface area (Å²) in [5.74, 6) is -0.794. The third-order valence-electron chi connectivity index (χ3n) is 5.11. The van der Waals surface area contributed by atoms with Crippen molar-refractivity contribution in [1.82, 2.24) is 20.4 Å². The Kier molecular flexibility index (Phi) is 6.20. The van der Waals surface area contributed by atoms with Gasteiger partial charge in [0.1, 0.15) is 17.8 Å². The molecule has 1 aliphatic rings. The van der Waals surface area contributed by atoms with Crippen LogP contribution in [-0.2, 0) is 26.5 Å². The maximum Gasteiger partial charge on any atom is 0.325 e. The highest BCUT2D eigenvalue weighted by Gasteiger charge is 2.51. The van der Waals surface area contributed by atoms with Crippen LogP contribution >= 0.6 is 0 Å². The number of rotatable bonds is 8. The number of imide groups is 1. The number of urea groups is 1. The van der Waals surface area contributed by atoms with Crippen LogP contribution in [0.5, 0.6) is 0 Å². The first-order valence-corrected chi connectivity index (χ1v) is 9.60. The van der Waals surface area contributed by atoms with E-state index in [0.29, 0.717) is 17.7 Å². The van der Waals surface area contributed by atoms with Gasteiger partial charge in [-0.2, -0.15) is 0 Å². The summed E-state index contributed by atoms with van der Waals surface area (Å²) in [6.45, 7) is 1.35. The molecule has 2 aromatic rings. The van der Waals surface area contributed by atoms with Gasteiger partial charge in [0.25, 0.3) is 5.91 Å². The van der Waals surface area contributed by atoms with Gasteiger partial charge in [0.15, 0.2) is 0 Å². The number of amides is 5. The van der Waals surface area contributed by atoms with Crippen molar-refractivity contribution in [2.75, 3.05) is 20.1 Å². The lowest BCUT2D eigenvalue weighted by molar-refractivity contribution is -0.140. The molecule has 2 heterocycles. The second kappa shape index (κ2) is 8.81. The third-order valence-corrected chi connectivity index (χ3v) is 5.11. The SMILES string of the molecule is CC[C@]1(c2ccccc2)NC(=O)N(CC(=O)N(C)CC(=O)NCc2ccco2)C1=O. The van der Waals surface area contributed by atoms with Crippen molar-refractivity contribution in [3.8, 4) is 0 Å². The maximum atomic E-state index is 13.1. The number of likely N-dealkylation sites (N-methyl/N-ethyl adjacent to an activating group) is 1. The van der Waals surface area contributed by atoms with Gasteiger partial charge in [0.05, 0.1) is 19.4 Å². The molecular formula is C21H24N4O5. The van der Waals surface area contributed by atoms with E-state index in [1.165, 1.54) is 18.2 Å². The van der Waals surface area contributed by atoms with Crippen LogP contribution in [0.3, 0.4) is 0 Å². The van der Waals surface area contributed by atoms with Crippen LogP contribution in [0.25, 0.3) is 0 Å². The van der Waals surface area contributed by atoms with Gasteiger partial charge < -0.3 is 20.0 Å². The fourth-order valence-electron chi connectivity index (χ4n) is 3.35. The predicted molar refractivity (Wildman–Crippen MR) is 107 cm³/mol. The number of nitrogens with zero attached hydrogens (tertiary/aromatic N) is 2. The lowest BCUT2D eigenvalue weighted by atomic mass is 9.87. The van der Waals surface area contributed by atoms with Crippen LogP contribution in [-0.4, -0.2) is 53.7 Å². The van der Waals surface area contributed by atoms with Gasteiger partial charge in [-0.3, -0.25) is 19.3 Å². The van der Waals surface area contributed by atoms with Crippen molar-refractivity contribution in [3.63, 3.8) is 0 Å². The van der Waals surface area contributed by atoms with Gasteiger partial charge in [0, 0.05) is 7.05 Å². The molecule has 0 aliphatic carbocycles. The molecule has 1 saturated heterocycles. The molecular weight excluding hydrogens is 388 g/mol. The molecule has 0 spiro atoms. The first-order valence-electron chi connectivity index (χ1n) is 9.60. The molecule has 30 heavy (non-hydrogen) atoms. The molecule has 9 nitrogen and oxygen atoms in total. The normalized spacial score (nSPS) is 18.3. The van der Waals surface area contributed by atoms with E-state index >= 15 is 0 Å². The second-order valence-corrected chi connectivity index (χ2v) is 7.05. The third kappa shape index (κ3) is 4.19. The van der Waals surface area contributed by atoms with Crippen LogP contribution in [0.2, 0.25) is 0 Å². The first-order chi connectivity index (χ1) is 14.4. The summed E-state index contributed by atoms with van der Waals surface area (Å²) in [5.41, 5.74) is -0.538. The number of hydrogen-bond donors (Lipinski definition) is 2. The van der Waals surface area contributed by atoms with Gasteiger partial charge in [-0.15, -0.1) is 0 Å². The minimum absolute atomic E-state index is 0.205. The summed E-state index contributed by atoms with van der Waals surface area (Å²) in [6.07, 6.45) is 1.85. The Bertz CT molecular complexity index is 928. The van der Waals surface area contributed by atoms with E-state index in [-0.39, 0.29) is 19.0 Å². The second-order valence-electron chi connectivity index (χ2n) is 7.05. The van der Waals surface area contributed by atoms with Crippen LogP contribution < -0.4 is 10.6 Å². The number of furan rings is 1. The number of hydrogen-bond acceptors (Lipinski definition) is 5. The zero-order chi connectivity index (χ0) is 21.7. The average Bonchev–Trinajstić information content (AvgIpc) is 3.35. The molecule has 1 aliphatic heterocycles. The number of carbonyl (C=O) groups is 4. The molecule has 0 radical (unpaired) electrons. The van der Waals surface area contributed by atoms with Crippen molar-refractivity contribution >= 4 is 23.8 Å². The topological polar surface area (TPSA) is 112 Å². The van der Waals surface area contributed by atoms with E-state index in [1.807, 2.05) is 6.07 Å². The quantitative estimate of drug-likeness (QED) is 0.633. The summed E-state index contributed by atoms with van der Waals surface area (Å²) in [4.78, 5) is 52.2. The van der Waals surface area contributed by atoms with E-state index in [2.05, 4.69) is 10.6 Å². The molecule has 2 N–H and O–H groups in total. The summed E-state index contributed by atoms with van der Waals surface area (Å²) < 4.78 is 5.13. The summed E-state index contributed by atoms with van der Waals surface area (Å²) in [6, 6.07) is 11.7. The highest BCUT2D eigenvalue weighted by Crippen LogP contribution is 2.32. The zero-order valence-corrected chi connectivity index (χ0v) is 16.9. The molecule has 158 valence electrons. The van der Waals surface area contributed by atoms with E-state index in [0.717, 1.165) is 4.90 Å². The van der Waals surface area contributed by atoms with E-state index < -0.39 is 29.9 Å². The van der Waals surface area contributed by atoms with E-state index in [9.17, 15) is 19.2 Å². The highest BCUT2D eigenvalue weighted by molar-refractivity contribution is 6.09. The van der Waals surface area contributed by atoms with Crippen molar-refractivity contribution < 1.29 is 23.6 Å². The average molecular weight is 412 g/mol. The molecule has 9 heteroatoms. The van der Waals surface area contributed by atoms with Crippen molar-refractivity contribution in [2.24, 2.45) is 0 Å². The lowest BCUT2D eigenvalue weighted by Crippen LogP contribution is -2.46. The Labute approximate surface area is 174 Å². The molecule has 0 bridgehead atoms. The van der Waals surface area contributed by atoms with Gasteiger partial charge in [-0.05, 0) is 24.1 Å². The minimum atomic E-state index is -1.20. The summed E-state index contributed by atoms with van der Waals surface area (Å²) in [5, 5.41) is 5.37. The Balaban J connectivity index is 1.61. The van der Waals surface area contributed by atoms with Crippen molar-refractivity contribution in [3.05, 3.63) is 60.1 Å². The van der Waals surface area contributed by atoms with Crippen LogP contribution in [0.15, 0.2) is 53.1 Å². The zero-order valence-electron chi connectivity index (χ0n) is 16.9. The van der Waals surface area contributed by atoms with Crippen LogP contribution in [0, 0.1) is 0 Å².